The van der Waals surface area contributed by atoms with Crippen LogP contribution >= 0.6 is 0 Å². The van der Waals surface area contributed by atoms with Gasteiger partial charge in [-0.05, 0) is 50.2 Å². The lowest BCUT2D eigenvalue weighted by atomic mass is 10.2. The Labute approximate surface area is 124 Å². The van der Waals surface area contributed by atoms with E-state index < -0.39 is 10.3 Å². The van der Waals surface area contributed by atoms with Crippen LogP contribution in [0.4, 0.5) is 0 Å². The topological polar surface area (TPSA) is 74.4 Å². The monoisotopic (exact) mass is 309 g/mol. The van der Waals surface area contributed by atoms with E-state index in [0.29, 0.717) is 12.3 Å². The van der Waals surface area contributed by atoms with Crippen LogP contribution in [0.2, 0.25) is 0 Å². The average Bonchev–Trinajstić information content (AvgIpc) is 3.08. The standard InChI is InChI=1S/C14H19N3O3S/c18-21(19,16-7-10-17-8-1-2-9-17)20-13-3-4-14-12(11-13)5-6-15-14/h3-6,11,15-16H,1-2,7-10H2. The molecule has 0 aliphatic carbocycles. The van der Waals surface area contributed by atoms with Crippen molar-refractivity contribution in [1.29, 1.82) is 0 Å². The first-order valence-corrected chi connectivity index (χ1v) is 8.52. The minimum atomic E-state index is -3.76. The molecule has 0 unspecified atom stereocenters. The highest BCUT2D eigenvalue weighted by molar-refractivity contribution is 7.85. The number of H-pyrrole nitrogens is 1. The first-order chi connectivity index (χ1) is 10.1. The molecule has 1 aromatic carbocycles. The Balaban J connectivity index is 1.56. The maximum atomic E-state index is 11.9. The number of aromatic nitrogens is 1. The first-order valence-electron chi connectivity index (χ1n) is 7.11. The number of rotatable bonds is 6. The molecule has 0 saturated carbocycles. The van der Waals surface area contributed by atoms with Crippen molar-refractivity contribution in [2.75, 3.05) is 26.2 Å². The predicted molar refractivity (Wildman–Crippen MR) is 81.5 cm³/mol. The van der Waals surface area contributed by atoms with Crippen molar-refractivity contribution < 1.29 is 12.6 Å². The molecule has 2 N–H and O–H groups in total. The number of nitrogens with zero attached hydrogens (tertiary/aromatic N) is 1. The maximum Gasteiger partial charge on any atom is 0.382 e. The van der Waals surface area contributed by atoms with Gasteiger partial charge < -0.3 is 14.1 Å². The van der Waals surface area contributed by atoms with Crippen LogP contribution in [0.15, 0.2) is 30.5 Å². The summed E-state index contributed by atoms with van der Waals surface area (Å²) in [4.78, 5) is 5.29. The molecule has 21 heavy (non-hydrogen) atoms. The van der Waals surface area contributed by atoms with Gasteiger partial charge in [-0.15, -0.1) is 0 Å². The molecular weight excluding hydrogens is 290 g/mol. The summed E-state index contributed by atoms with van der Waals surface area (Å²) in [5.74, 6) is 0.316. The van der Waals surface area contributed by atoms with Gasteiger partial charge in [0.2, 0.25) is 0 Å². The number of hydrogen-bond acceptors (Lipinski definition) is 4. The number of hydrogen-bond donors (Lipinski definition) is 2. The summed E-state index contributed by atoms with van der Waals surface area (Å²) >= 11 is 0. The average molecular weight is 309 g/mol. The van der Waals surface area contributed by atoms with E-state index in [2.05, 4.69) is 14.6 Å². The molecule has 0 bridgehead atoms. The van der Waals surface area contributed by atoms with E-state index in [1.165, 1.54) is 12.8 Å². The second kappa shape index (κ2) is 6.05. The fraction of sp³-hybridized carbons (Fsp3) is 0.429. The molecule has 1 aromatic heterocycles. The van der Waals surface area contributed by atoms with Crippen molar-refractivity contribution >= 4 is 21.2 Å². The lowest BCUT2D eigenvalue weighted by Crippen LogP contribution is -2.35. The van der Waals surface area contributed by atoms with Crippen molar-refractivity contribution in [2.45, 2.75) is 12.8 Å². The third kappa shape index (κ3) is 3.75. The summed E-state index contributed by atoms with van der Waals surface area (Å²) in [7, 11) is -3.76. The molecule has 114 valence electrons. The van der Waals surface area contributed by atoms with Crippen molar-refractivity contribution in [2.24, 2.45) is 0 Å². The van der Waals surface area contributed by atoms with Crippen LogP contribution in [0.3, 0.4) is 0 Å². The second-order valence-corrected chi connectivity index (χ2v) is 6.57. The van der Waals surface area contributed by atoms with Crippen LogP contribution < -0.4 is 8.91 Å². The minimum absolute atomic E-state index is 0.316. The molecule has 1 saturated heterocycles. The third-order valence-electron chi connectivity index (χ3n) is 3.64. The highest BCUT2D eigenvalue weighted by Gasteiger charge is 2.15. The Morgan fingerprint density at radius 1 is 1.24 bits per heavy atom. The summed E-state index contributed by atoms with van der Waals surface area (Å²) < 4.78 is 31.3. The van der Waals surface area contributed by atoms with Crippen LogP contribution in [-0.4, -0.2) is 44.5 Å². The zero-order valence-corrected chi connectivity index (χ0v) is 12.5. The van der Waals surface area contributed by atoms with Gasteiger partial charge in [-0.2, -0.15) is 13.1 Å². The van der Waals surface area contributed by atoms with Crippen LogP contribution in [0.5, 0.6) is 5.75 Å². The quantitative estimate of drug-likeness (QED) is 0.847. The Kier molecular flexibility index (Phi) is 4.14. The zero-order chi connectivity index (χ0) is 14.7. The van der Waals surface area contributed by atoms with E-state index in [9.17, 15) is 8.42 Å². The molecule has 7 heteroatoms. The van der Waals surface area contributed by atoms with E-state index in [1.54, 1.807) is 24.4 Å². The van der Waals surface area contributed by atoms with Gasteiger partial charge in [0, 0.05) is 30.2 Å². The van der Waals surface area contributed by atoms with Gasteiger partial charge in [0.05, 0.1) is 0 Å². The molecule has 0 amide bonds. The molecule has 1 aliphatic rings. The Hall–Kier alpha value is -1.57. The summed E-state index contributed by atoms with van der Waals surface area (Å²) in [5, 5.41) is 0.916. The molecule has 1 fully saturated rings. The smallest absolute Gasteiger partial charge is 0.371 e. The minimum Gasteiger partial charge on any atom is -0.371 e. The fourth-order valence-corrected chi connectivity index (χ4v) is 3.33. The van der Waals surface area contributed by atoms with Gasteiger partial charge >= 0.3 is 10.3 Å². The fourth-order valence-electron chi connectivity index (χ4n) is 2.57. The van der Waals surface area contributed by atoms with Crippen LogP contribution in [0.25, 0.3) is 10.9 Å². The number of benzene rings is 1. The first kappa shape index (κ1) is 14.4. The van der Waals surface area contributed by atoms with Gasteiger partial charge in [-0.1, -0.05) is 0 Å². The number of fused-ring (bicyclic) bond motifs is 1. The van der Waals surface area contributed by atoms with Crippen molar-refractivity contribution in [3.8, 4) is 5.75 Å². The molecule has 6 nitrogen and oxygen atoms in total. The van der Waals surface area contributed by atoms with Crippen LogP contribution in [-0.2, 0) is 10.3 Å². The lowest BCUT2D eigenvalue weighted by molar-refractivity contribution is 0.341. The summed E-state index contributed by atoms with van der Waals surface area (Å²) in [5.41, 5.74) is 0.946. The van der Waals surface area contributed by atoms with Crippen LogP contribution in [0, 0.1) is 0 Å². The Bertz CT molecular complexity index is 705. The normalized spacial score (nSPS) is 16.6. The second-order valence-electron chi connectivity index (χ2n) is 5.21. The molecule has 0 spiro atoms. The number of likely N-dealkylation sites (tertiary alicyclic amines) is 1. The summed E-state index contributed by atoms with van der Waals surface area (Å²) in [6.45, 7) is 3.19. The van der Waals surface area contributed by atoms with E-state index in [4.69, 9.17) is 4.18 Å². The molecule has 2 heterocycles. The van der Waals surface area contributed by atoms with E-state index >= 15 is 0 Å². The van der Waals surface area contributed by atoms with Crippen LogP contribution in [0.1, 0.15) is 12.8 Å². The Morgan fingerprint density at radius 3 is 2.86 bits per heavy atom. The van der Waals surface area contributed by atoms with Gasteiger partial charge in [0.25, 0.3) is 0 Å². The lowest BCUT2D eigenvalue weighted by Gasteiger charge is -2.14. The van der Waals surface area contributed by atoms with Gasteiger partial charge in [0.15, 0.2) is 0 Å². The van der Waals surface area contributed by atoms with E-state index in [0.717, 1.165) is 30.5 Å². The van der Waals surface area contributed by atoms with Crippen molar-refractivity contribution in [3.05, 3.63) is 30.5 Å². The van der Waals surface area contributed by atoms with Gasteiger partial charge in [0.1, 0.15) is 5.75 Å². The molecular formula is C14H19N3O3S. The van der Waals surface area contributed by atoms with Gasteiger partial charge in [-0.3, -0.25) is 0 Å². The number of nitrogens with one attached hydrogen (secondary N) is 2. The Morgan fingerprint density at radius 2 is 2.05 bits per heavy atom. The summed E-state index contributed by atoms with van der Waals surface area (Å²) in [6, 6.07) is 7.00. The van der Waals surface area contributed by atoms with E-state index in [1.807, 2.05) is 6.07 Å². The molecule has 1 aliphatic heterocycles. The predicted octanol–water partition coefficient (Wildman–Crippen LogP) is 1.48. The largest absolute Gasteiger partial charge is 0.382 e. The van der Waals surface area contributed by atoms with E-state index in [-0.39, 0.29) is 0 Å². The zero-order valence-electron chi connectivity index (χ0n) is 11.7. The molecule has 0 atom stereocenters. The molecule has 3 rings (SSSR count). The SMILES string of the molecule is O=S(=O)(NCCN1CCCC1)Oc1ccc2[nH]ccc2c1. The summed E-state index contributed by atoms with van der Waals surface area (Å²) in [6.07, 6.45) is 4.19. The highest BCUT2D eigenvalue weighted by Crippen LogP contribution is 2.20. The highest BCUT2D eigenvalue weighted by atomic mass is 32.2. The maximum absolute atomic E-state index is 11.9. The molecule has 2 aromatic rings. The van der Waals surface area contributed by atoms with Crippen molar-refractivity contribution in [1.82, 2.24) is 14.6 Å². The van der Waals surface area contributed by atoms with Crippen molar-refractivity contribution in [3.63, 3.8) is 0 Å². The van der Waals surface area contributed by atoms with Gasteiger partial charge in [-0.25, -0.2) is 0 Å². The number of aromatic amines is 1. The third-order valence-corrected chi connectivity index (χ3v) is 4.61. The molecule has 0 radical (unpaired) electrons.